The van der Waals surface area contributed by atoms with Crippen LogP contribution in [0.4, 0.5) is 4.39 Å². The molecule has 4 nitrogen and oxygen atoms in total. The first-order chi connectivity index (χ1) is 28.1. The van der Waals surface area contributed by atoms with Gasteiger partial charge in [-0.05, 0) is 53.2 Å². The Labute approximate surface area is 350 Å². The van der Waals surface area contributed by atoms with Crippen molar-refractivity contribution in [2.45, 2.75) is 12.1 Å². The number of benzene rings is 7. The molecule has 0 fully saturated rings. The van der Waals surface area contributed by atoms with Crippen molar-refractivity contribution >= 4 is 61.8 Å². The second kappa shape index (κ2) is 14.3. The molecule has 0 spiro atoms. The van der Waals surface area contributed by atoms with E-state index in [1.165, 1.54) is 15.6 Å². The molecule has 3 aromatic heterocycles. The summed E-state index contributed by atoms with van der Waals surface area (Å²) >= 11 is 0. The summed E-state index contributed by atoms with van der Waals surface area (Å²) in [6, 6.07) is 65.5. The smallest absolute Gasteiger partial charge is 0.456 e. The molecule has 1 aliphatic rings. The van der Waals surface area contributed by atoms with Crippen molar-refractivity contribution in [3.8, 4) is 11.4 Å². The third kappa shape index (κ3) is 5.50. The van der Waals surface area contributed by atoms with Gasteiger partial charge in [-0.15, -0.1) is 46.1 Å². The van der Waals surface area contributed by atoms with Gasteiger partial charge in [-0.25, -0.2) is 4.39 Å². The first-order valence-corrected chi connectivity index (χ1v) is 21.2. The van der Waals surface area contributed by atoms with Gasteiger partial charge in [0.05, 0.1) is 22.6 Å². The van der Waals surface area contributed by atoms with Crippen LogP contribution < -0.4 is 20.7 Å². The van der Waals surface area contributed by atoms with Crippen molar-refractivity contribution in [1.29, 1.82) is 0 Å². The molecule has 10 aromatic rings. The molecular weight excluding hydrogens is 824 g/mol. The van der Waals surface area contributed by atoms with Gasteiger partial charge in [-0.1, -0.05) is 113 Å². The largest absolute Gasteiger partial charge is 2.00 e. The van der Waals surface area contributed by atoms with Gasteiger partial charge in [0.2, 0.25) is 0 Å². The molecule has 0 radical (unpaired) electrons. The first kappa shape index (κ1) is 36.1. The van der Waals surface area contributed by atoms with Crippen LogP contribution in [0.15, 0.2) is 180 Å². The van der Waals surface area contributed by atoms with Crippen molar-refractivity contribution in [1.82, 2.24) is 14.5 Å². The average Bonchev–Trinajstić information content (AvgIpc) is 3.82. The topological polar surface area (TPSA) is 43.9 Å². The van der Waals surface area contributed by atoms with Crippen LogP contribution in [0.1, 0.15) is 40.0 Å². The fourth-order valence-corrected chi connectivity index (χ4v) is 14.4. The van der Waals surface area contributed by atoms with E-state index in [1.54, 1.807) is 0 Å². The number of hydrogen-bond donors (Lipinski definition) is 0. The summed E-state index contributed by atoms with van der Waals surface area (Å²) in [6.45, 7) is 0. The number of rotatable bonds is 6. The van der Waals surface area contributed by atoms with E-state index < -0.39 is 14.2 Å². The zero-order chi connectivity index (χ0) is 38.1. The quantitative estimate of drug-likeness (QED) is 0.124. The average molecular weight is 858 g/mol. The van der Waals surface area contributed by atoms with Gasteiger partial charge in [-0.2, -0.15) is 18.2 Å². The molecule has 2 atom stereocenters. The number of pyridine rings is 1. The molecule has 7 aromatic carbocycles. The molecule has 280 valence electrons. The van der Waals surface area contributed by atoms with Gasteiger partial charge < -0.3 is 8.98 Å². The van der Waals surface area contributed by atoms with Gasteiger partial charge in [-0.3, -0.25) is 9.97 Å². The molecule has 7 heteroatoms. The summed E-state index contributed by atoms with van der Waals surface area (Å²) in [6.07, 6.45) is 0.359. The summed E-state index contributed by atoms with van der Waals surface area (Å²) < 4.78 is 26.0. The summed E-state index contributed by atoms with van der Waals surface area (Å²) in [5.74, 6) is 0.427. The Bertz CT molecular complexity index is 3090. The summed E-state index contributed by atoms with van der Waals surface area (Å²) in [5.41, 5.74) is 8.19. The van der Waals surface area contributed by atoms with E-state index in [1.807, 2.05) is 90.6 Å². The van der Waals surface area contributed by atoms with Crippen LogP contribution in [-0.4, -0.2) is 22.6 Å². The molecule has 0 aliphatic carbocycles. The van der Waals surface area contributed by atoms with E-state index in [-0.39, 0.29) is 26.3 Å². The Hall–Kier alpha value is -6.23. The molecule has 0 N–H and O–H groups in total. The molecular formula is C51H34FN3OPdSi. The Balaban J connectivity index is 0.00000408. The van der Waals surface area contributed by atoms with Crippen LogP contribution in [0, 0.1) is 12.1 Å². The predicted octanol–water partition coefficient (Wildman–Crippen LogP) is 9.06. The summed E-state index contributed by atoms with van der Waals surface area (Å²) in [4.78, 5) is 9.87. The summed E-state index contributed by atoms with van der Waals surface area (Å²) in [5, 5.41) is 6.96. The van der Waals surface area contributed by atoms with Crippen LogP contribution in [0.5, 0.6) is 0 Å². The van der Waals surface area contributed by atoms with E-state index in [4.69, 9.17) is 14.4 Å². The number of hydrogen-bond acceptors (Lipinski definition) is 3. The molecule has 2 unspecified atom stereocenters. The van der Waals surface area contributed by atoms with Gasteiger partial charge in [0.25, 0.3) is 0 Å². The van der Waals surface area contributed by atoms with Gasteiger partial charge in [0.15, 0.2) is 0 Å². The number of alkyl halides is 1. The van der Waals surface area contributed by atoms with Crippen molar-refractivity contribution in [3.63, 3.8) is 0 Å². The van der Waals surface area contributed by atoms with Gasteiger partial charge >= 0.3 is 20.4 Å². The number of aromatic nitrogens is 3. The number of nitrogens with zero attached hydrogens (tertiary/aromatic N) is 3. The second-order valence-electron chi connectivity index (χ2n) is 14.8. The maximum Gasteiger partial charge on any atom is 2.00 e. The minimum Gasteiger partial charge on any atom is -0.456 e. The number of furan rings is 1. The standard InChI is InChI=1S/C51H34FN3OSi.Pd/c1-55-44-24-10-9-22-42(44)54-51(55)35-16-14-15-33(29-35)50(52)34-26-27-47-40(30-34)49(43-23-12-13-28-53-43)41-31-39-38-21-8-11-25-45(38)56-46(39)32-48(41)57(47,36-17-4-2-5-18-36)37-19-6-3-7-20-37;/h2-28,31-32,49-50H,1H3;/q-2;+2. The maximum absolute atomic E-state index is 17.3. The predicted molar refractivity (Wildman–Crippen MR) is 229 cm³/mol. The zero-order valence-corrected chi connectivity index (χ0v) is 33.9. The van der Waals surface area contributed by atoms with E-state index in [2.05, 4.69) is 109 Å². The number of halogens is 1. The van der Waals surface area contributed by atoms with E-state index in [0.717, 1.165) is 66.4 Å². The molecule has 11 rings (SSSR count). The normalized spacial score (nSPS) is 14.8. The summed E-state index contributed by atoms with van der Waals surface area (Å²) in [7, 11) is -1.10. The molecule has 0 saturated carbocycles. The monoisotopic (exact) mass is 857 g/mol. The third-order valence-corrected chi connectivity index (χ3v) is 16.6. The molecule has 1 aliphatic heterocycles. The van der Waals surface area contributed by atoms with Crippen LogP contribution in [0.3, 0.4) is 0 Å². The zero-order valence-electron chi connectivity index (χ0n) is 31.3. The Morgan fingerprint density at radius 1 is 0.655 bits per heavy atom. The number of aryl methyl sites for hydroxylation is 1. The van der Waals surface area contributed by atoms with Gasteiger partial charge in [0, 0.05) is 29.9 Å². The number of imidazole rings is 1. The minimum atomic E-state index is -3.09. The maximum atomic E-state index is 17.3. The van der Waals surface area contributed by atoms with Gasteiger partial charge in [0.1, 0.15) is 25.4 Å². The van der Waals surface area contributed by atoms with E-state index in [0.29, 0.717) is 11.1 Å². The Kier molecular flexibility index (Phi) is 8.91. The number of para-hydroxylation sites is 3. The fourth-order valence-electron chi connectivity index (χ4n) is 9.22. The third-order valence-electron chi connectivity index (χ3n) is 11.7. The van der Waals surface area contributed by atoms with Crippen LogP contribution >= 0.6 is 0 Å². The molecule has 4 heterocycles. The Morgan fingerprint density at radius 2 is 1.36 bits per heavy atom. The molecule has 58 heavy (non-hydrogen) atoms. The SMILES string of the molecule is Cn1c(-c2[c-]c(C(F)c3[c-]c4c(cc3)[Si](c3ccccc3)(c3ccccc3)c3cc5oc6ccccc6c5cc3C4c3ccccn3)ccc2)nc2ccccc21.[Pd+2]. The minimum absolute atomic E-state index is 0. The van der Waals surface area contributed by atoms with Crippen LogP contribution in [-0.2, 0) is 27.5 Å². The van der Waals surface area contributed by atoms with Crippen molar-refractivity contribution in [3.05, 3.63) is 216 Å². The number of fused-ring (bicyclic) bond motifs is 6. The first-order valence-electron chi connectivity index (χ1n) is 19.2. The van der Waals surface area contributed by atoms with Crippen molar-refractivity contribution < 1.29 is 29.2 Å². The van der Waals surface area contributed by atoms with E-state index >= 15 is 4.39 Å². The van der Waals surface area contributed by atoms with Crippen molar-refractivity contribution in [2.75, 3.05) is 0 Å². The second-order valence-corrected chi connectivity index (χ2v) is 18.5. The Morgan fingerprint density at radius 3 is 2.12 bits per heavy atom. The van der Waals surface area contributed by atoms with Crippen molar-refractivity contribution in [2.24, 2.45) is 7.05 Å². The van der Waals surface area contributed by atoms with Crippen LogP contribution in [0.25, 0.3) is 44.4 Å². The molecule has 0 saturated heterocycles. The molecule has 0 bridgehead atoms. The fraction of sp³-hybridized carbons (Fsp3) is 0.0588. The van der Waals surface area contributed by atoms with Crippen LogP contribution in [0.2, 0.25) is 0 Å². The molecule has 0 amide bonds. The van der Waals surface area contributed by atoms with E-state index in [9.17, 15) is 0 Å².